The van der Waals surface area contributed by atoms with Crippen molar-refractivity contribution >= 4 is 5.97 Å². The molecule has 0 aliphatic rings. The Hall–Kier alpha value is -1.55. The molecule has 0 amide bonds. The average Bonchev–Trinajstić information content (AvgIpc) is 2.40. The van der Waals surface area contributed by atoms with Crippen LogP contribution in [0, 0.1) is 5.92 Å². The molecule has 0 radical (unpaired) electrons. The molecule has 0 aliphatic heterocycles. The lowest BCUT2D eigenvalue weighted by Crippen LogP contribution is -2.27. The normalized spacial score (nSPS) is 12.2. The highest BCUT2D eigenvalue weighted by molar-refractivity contribution is 5.74. The van der Waals surface area contributed by atoms with Crippen LogP contribution in [0.2, 0.25) is 0 Å². The lowest BCUT2D eigenvalue weighted by molar-refractivity contribution is -0.150. The number of nitrogens with one attached hydrogen (secondary N) is 1. The zero-order valence-corrected chi connectivity index (χ0v) is 12.8. The van der Waals surface area contributed by atoms with Gasteiger partial charge in [-0.05, 0) is 32.4 Å². The number of benzene rings is 1. The topological polar surface area (TPSA) is 47.6 Å². The molecule has 20 heavy (non-hydrogen) atoms. The summed E-state index contributed by atoms with van der Waals surface area (Å²) < 4.78 is 10.7. The van der Waals surface area contributed by atoms with Gasteiger partial charge < -0.3 is 14.8 Å². The summed E-state index contributed by atoms with van der Waals surface area (Å²) in [4.78, 5) is 11.6. The van der Waals surface area contributed by atoms with Crippen molar-refractivity contribution in [3.8, 4) is 5.75 Å². The summed E-state index contributed by atoms with van der Waals surface area (Å²) in [7, 11) is 0. The van der Waals surface area contributed by atoms with Crippen LogP contribution in [-0.2, 0) is 16.1 Å². The van der Waals surface area contributed by atoms with Gasteiger partial charge in [-0.1, -0.05) is 32.0 Å². The minimum absolute atomic E-state index is 0.336. The first-order valence-electron chi connectivity index (χ1n) is 7.16. The van der Waals surface area contributed by atoms with Crippen LogP contribution in [0.4, 0.5) is 0 Å². The molecule has 0 spiro atoms. The summed E-state index contributed by atoms with van der Waals surface area (Å²) in [5, 5.41) is 3.37. The summed E-state index contributed by atoms with van der Waals surface area (Å²) in [6.07, 6.45) is -0.596. The van der Waals surface area contributed by atoms with E-state index >= 15 is 0 Å². The predicted molar refractivity (Wildman–Crippen MR) is 79.7 cm³/mol. The van der Waals surface area contributed by atoms with E-state index in [2.05, 4.69) is 19.2 Å². The molecular weight excluding hydrogens is 254 g/mol. The Morgan fingerprint density at radius 1 is 1.25 bits per heavy atom. The first-order chi connectivity index (χ1) is 9.54. The SMILES string of the molecule is CCOC(=O)C(C)Oc1ccccc1CNCC(C)C. The smallest absolute Gasteiger partial charge is 0.347 e. The second-order valence-corrected chi connectivity index (χ2v) is 5.14. The summed E-state index contributed by atoms with van der Waals surface area (Å²) in [5.74, 6) is 0.989. The van der Waals surface area contributed by atoms with Crippen LogP contribution in [0.1, 0.15) is 33.3 Å². The third-order valence-corrected chi connectivity index (χ3v) is 2.76. The van der Waals surface area contributed by atoms with E-state index in [-0.39, 0.29) is 5.97 Å². The lowest BCUT2D eigenvalue weighted by atomic mass is 10.1. The van der Waals surface area contributed by atoms with E-state index in [4.69, 9.17) is 9.47 Å². The highest BCUT2D eigenvalue weighted by Gasteiger charge is 2.17. The van der Waals surface area contributed by atoms with Crippen molar-refractivity contribution in [3.05, 3.63) is 29.8 Å². The van der Waals surface area contributed by atoms with E-state index < -0.39 is 6.10 Å². The second-order valence-electron chi connectivity index (χ2n) is 5.14. The molecule has 1 unspecified atom stereocenters. The van der Waals surface area contributed by atoms with Crippen LogP contribution >= 0.6 is 0 Å². The number of carbonyl (C=O) groups is 1. The number of ether oxygens (including phenoxy) is 2. The number of hydrogen-bond donors (Lipinski definition) is 1. The van der Waals surface area contributed by atoms with Gasteiger partial charge in [0.15, 0.2) is 6.10 Å². The largest absolute Gasteiger partial charge is 0.479 e. The van der Waals surface area contributed by atoms with E-state index in [9.17, 15) is 4.79 Å². The van der Waals surface area contributed by atoms with Crippen molar-refractivity contribution in [1.29, 1.82) is 0 Å². The van der Waals surface area contributed by atoms with Crippen LogP contribution < -0.4 is 10.1 Å². The predicted octanol–water partition coefficient (Wildman–Crippen LogP) is 2.76. The van der Waals surface area contributed by atoms with Gasteiger partial charge in [0.1, 0.15) is 5.75 Å². The number of para-hydroxylation sites is 1. The van der Waals surface area contributed by atoms with E-state index in [0.29, 0.717) is 12.5 Å². The van der Waals surface area contributed by atoms with Crippen molar-refractivity contribution in [2.45, 2.75) is 40.3 Å². The number of carbonyl (C=O) groups excluding carboxylic acids is 1. The molecule has 0 saturated heterocycles. The fourth-order valence-electron chi connectivity index (χ4n) is 1.76. The van der Waals surface area contributed by atoms with Crippen molar-refractivity contribution in [1.82, 2.24) is 5.32 Å². The van der Waals surface area contributed by atoms with Gasteiger partial charge in [0.05, 0.1) is 6.61 Å². The molecule has 1 atom stereocenters. The maximum Gasteiger partial charge on any atom is 0.347 e. The van der Waals surface area contributed by atoms with Gasteiger partial charge in [0.2, 0.25) is 0 Å². The van der Waals surface area contributed by atoms with Crippen molar-refractivity contribution < 1.29 is 14.3 Å². The molecule has 0 saturated carbocycles. The molecule has 1 N–H and O–H groups in total. The Balaban J connectivity index is 2.62. The summed E-state index contributed by atoms with van der Waals surface area (Å²) in [6.45, 7) is 9.86. The van der Waals surface area contributed by atoms with E-state index in [1.807, 2.05) is 24.3 Å². The third-order valence-electron chi connectivity index (χ3n) is 2.76. The van der Waals surface area contributed by atoms with Gasteiger partial charge in [-0.3, -0.25) is 0 Å². The van der Waals surface area contributed by atoms with E-state index in [1.54, 1.807) is 13.8 Å². The molecule has 0 fully saturated rings. The summed E-state index contributed by atoms with van der Waals surface area (Å²) in [6, 6.07) is 7.75. The standard InChI is InChI=1S/C16H25NO3/c1-5-19-16(18)13(4)20-15-9-7-6-8-14(15)11-17-10-12(2)3/h6-9,12-13,17H,5,10-11H2,1-4H3. The van der Waals surface area contributed by atoms with Crippen molar-refractivity contribution in [2.75, 3.05) is 13.2 Å². The fourth-order valence-corrected chi connectivity index (χ4v) is 1.76. The number of rotatable bonds is 8. The van der Waals surface area contributed by atoms with Crippen molar-refractivity contribution in [2.24, 2.45) is 5.92 Å². The zero-order valence-electron chi connectivity index (χ0n) is 12.8. The van der Waals surface area contributed by atoms with Gasteiger partial charge in [0.25, 0.3) is 0 Å². The molecular formula is C16H25NO3. The molecule has 4 heteroatoms. The summed E-state index contributed by atoms with van der Waals surface area (Å²) in [5.41, 5.74) is 1.05. The van der Waals surface area contributed by atoms with Crippen LogP contribution in [0.3, 0.4) is 0 Å². The lowest BCUT2D eigenvalue weighted by Gasteiger charge is -2.17. The quantitative estimate of drug-likeness (QED) is 0.743. The molecule has 0 aliphatic carbocycles. The van der Waals surface area contributed by atoms with Gasteiger partial charge in [0, 0.05) is 12.1 Å². The van der Waals surface area contributed by atoms with Crippen LogP contribution in [0.5, 0.6) is 5.75 Å². The minimum atomic E-state index is -0.596. The Morgan fingerprint density at radius 3 is 2.60 bits per heavy atom. The molecule has 0 bridgehead atoms. The number of esters is 1. The highest BCUT2D eigenvalue weighted by atomic mass is 16.6. The molecule has 0 heterocycles. The zero-order chi connectivity index (χ0) is 15.0. The minimum Gasteiger partial charge on any atom is -0.479 e. The van der Waals surface area contributed by atoms with Gasteiger partial charge in [-0.25, -0.2) is 4.79 Å². The first kappa shape index (κ1) is 16.5. The van der Waals surface area contributed by atoms with Crippen LogP contribution in [0.15, 0.2) is 24.3 Å². The fraction of sp³-hybridized carbons (Fsp3) is 0.562. The Kier molecular flexibility index (Phi) is 7.09. The molecule has 112 valence electrons. The van der Waals surface area contributed by atoms with Gasteiger partial charge >= 0.3 is 5.97 Å². The highest BCUT2D eigenvalue weighted by Crippen LogP contribution is 2.19. The molecule has 4 nitrogen and oxygen atoms in total. The monoisotopic (exact) mass is 279 g/mol. The second kappa shape index (κ2) is 8.59. The third kappa shape index (κ3) is 5.61. The Labute approximate surface area is 121 Å². The molecule has 1 aromatic carbocycles. The van der Waals surface area contributed by atoms with E-state index in [1.165, 1.54) is 0 Å². The first-order valence-corrected chi connectivity index (χ1v) is 7.16. The maximum atomic E-state index is 11.6. The van der Waals surface area contributed by atoms with Crippen LogP contribution in [0.25, 0.3) is 0 Å². The van der Waals surface area contributed by atoms with Crippen molar-refractivity contribution in [3.63, 3.8) is 0 Å². The van der Waals surface area contributed by atoms with Crippen LogP contribution in [-0.4, -0.2) is 25.2 Å². The molecule has 0 aromatic heterocycles. The Morgan fingerprint density at radius 2 is 1.95 bits per heavy atom. The number of hydrogen-bond acceptors (Lipinski definition) is 4. The van der Waals surface area contributed by atoms with Gasteiger partial charge in [-0.2, -0.15) is 0 Å². The molecule has 1 rings (SSSR count). The van der Waals surface area contributed by atoms with Gasteiger partial charge in [-0.15, -0.1) is 0 Å². The summed E-state index contributed by atoms with van der Waals surface area (Å²) >= 11 is 0. The van der Waals surface area contributed by atoms with E-state index in [0.717, 1.165) is 24.4 Å². The maximum absolute atomic E-state index is 11.6. The molecule has 1 aromatic rings. The Bertz CT molecular complexity index is 418. The average molecular weight is 279 g/mol.